The monoisotopic (exact) mass is 293 g/mol. The normalized spacial score (nSPS) is 11.8. The molecule has 5 nitrogen and oxygen atoms in total. The quantitative estimate of drug-likeness (QED) is 0.789. The molecule has 0 amide bonds. The zero-order chi connectivity index (χ0) is 15.0. The Labute approximate surface area is 117 Å². The summed E-state index contributed by atoms with van der Waals surface area (Å²) in [7, 11) is 1.66. The van der Waals surface area contributed by atoms with Crippen molar-refractivity contribution < 1.29 is 13.2 Å². The lowest BCUT2D eigenvalue weighted by Gasteiger charge is -2.13. The second-order valence-corrected chi connectivity index (χ2v) is 4.27. The first-order valence-corrected chi connectivity index (χ1v) is 6.05. The Balaban J connectivity index is 2.28. The van der Waals surface area contributed by atoms with E-state index in [0.29, 0.717) is 17.0 Å². The molecule has 0 aliphatic heterocycles. The lowest BCUT2D eigenvalue weighted by molar-refractivity contribution is -0.137. The van der Waals surface area contributed by atoms with E-state index in [2.05, 4.69) is 20.3 Å². The second kappa shape index (κ2) is 4.72. The molecule has 0 spiro atoms. The Morgan fingerprint density at radius 3 is 2.57 bits per heavy atom. The van der Waals surface area contributed by atoms with Gasteiger partial charge in [0.1, 0.15) is 12.7 Å². The molecule has 8 heteroatoms. The summed E-state index contributed by atoms with van der Waals surface area (Å²) in [5.74, 6) is 0.461. The van der Waals surface area contributed by atoms with Crippen LogP contribution in [-0.2, 0) is 6.18 Å². The molecule has 0 bridgehead atoms. The van der Waals surface area contributed by atoms with E-state index in [0.717, 1.165) is 6.07 Å². The third-order valence-electron chi connectivity index (χ3n) is 3.04. The van der Waals surface area contributed by atoms with Gasteiger partial charge in [0.2, 0.25) is 0 Å². The van der Waals surface area contributed by atoms with E-state index in [1.807, 2.05) is 0 Å². The van der Waals surface area contributed by atoms with Gasteiger partial charge in [0.05, 0.1) is 11.3 Å². The van der Waals surface area contributed by atoms with Crippen molar-refractivity contribution in [3.63, 3.8) is 0 Å². The zero-order valence-corrected chi connectivity index (χ0v) is 10.9. The van der Waals surface area contributed by atoms with Gasteiger partial charge in [-0.1, -0.05) is 12.1 Å². The highest BCUT2D eigenvalue weighted by Crippen LogP contribution is 2.34. The van der Waals surface area contributed by atoms with Crippen molar-refractivity contribution in [2.45, 2.75) is 6.18 Å². The first-order chi connectivity index (χ1) is 10.0. The average molecular weight is 293 g/mol. The minimum atomic E-state index is -4.45. The molecule has 0 fully saturated rings. The number of rotatable bonds is 2. The Morgan fingerprint density at radius 1 is 1.10 bits per heavy atom. The number of hydrogen-bond donors (Lipinski definition) is 1. The number of alkyl halides is 3. The largest absolute Gasteiger partial charge is 0.418 e. The fourth-order valence-corrected chi connectivity index (χ4v) is 2.12. The van der Waals surface area contributed by atoms with Gasteiger partial charge < -0.3 is 5.32 Å². The molecule has 0 saturated carbocycles. The number of para-hydroxylation sites is 1. The molecule has 3 rings (SSSR count). The summed E-state index contributed by atoms with van der Waals surface area (Å²) in [6, 6.07) is 5.29. The molecule has 21 heavy (non-hydrogen) atoms. The second-order valence-electron chi connectivity index (χ2n) is 4.27. The van der Waals surface area contributed by atoms with Gasteiger partial charge in [-0.2, -0.15) is 13.2 Å². The van der Waals surface area contributed by atoms with E-state index in [4.69, 9.17) is 0 Å². The van der Waals surface area contributed by atoms with Gasteiger partial charge in [0.25, 0.3) is 0 Å². The van der Waals surface area contributed by atoms with Crippen LogP contribution in [0.5, 0.6) is 0 Å². The first-order valence-electron chi connectivity index (χ1n) is 6.05. The van der Waals surface area contributed by atoms with E-state index < -0.39 is 11.7 Å². The zero-order valence-electron chi connectivity index (χ0n) is 10.9. The number of anilines is 1. The molecule has 2 heterocycles. The van der Waals surface area contributed by atoms with Crippen LogP contribution >= 0.6 is 0 Å². The molecule has 0 aliphatic carbocycles. The average Bonchev–Trinajstić information content (AvgIpc) is 2.90. The molecule has 0 atom stereocenters. The summed E-state index contributed by atoms with van der Waals surface area (Å²) in [6.07, 6.45) is -1.86. The lowest BCUT2D eigenvalue weighted by atomic mass is 10.1. The Kier molecular flexibility index (Phi) is 3.00. The van der Waals surface area contributed by atoms with Crippen molar-refractivity contribution in [1.29, 1.82) is 0 Å². The van der Waals surface area contributed by atoms with Crippen molar-refractivity contribution in [2.75, 3.05) is 12.4 Å². The van der Waals surface area contributed by atoms with Crippen LogP contribution in [0, 0.1) is 0 Å². The number of halogens is 3. The SMILES string of the molecule is CNc1ncnc2c1ncn2-c1ccccc1C(F)(F)F. The highest BCUT2D eigenvalue weighted by molar-refractivity contribution is 5.83. The van der Waals surface area contributed by atoms with E-state index in [-0.39, 0.29) is 5.69 Å². The summed E-state index contributed by atoms with van der Waals surface area (Å²) in [4.78, 5) is 12.1. The van der Waals surface area contributed by atoms with Crippen LogP contribution in [-0.4, -0.2) is 26.6 Å². The van der Waals surface area contributed by atoms with Crippen molar-refractivity contribution in [1.82, 2.24) is 19.5 Å². The van der Waals surface area contributed by atoms with E-state index in [1.54, 1.807) is 7.05 Å². The molecule has 0 saturated heterocycles. The molecule has 3 aromatic rings. The maximum Gasteiger partial charge on any atom is 0.418 e. The third kappa shape index (κ3) is 2.18. The Bertz CT molecular complexity index is 794. The molecule has 0 unspecified atom stereocenters. The number of nitrogens with one attached hydrogen (secondary N) is 1. The Morgan fingerprint density at radius 2 is 1.86 bits per heavy atom. The van der Waals surface area contributed by atoms with Crippen LogP contribution in [0.1, 0.15) is 5.56 Å². The molecule has 2 aromatic heterocycles. The van der Waals surface area contributed by atoms with E-state index >= 15 is 0 Å². The molecule has 1 N–H and O–H groups in total. The predicted molar refractivity (Wildman–Crippen MR) is 71.2 cm³/mol. The molecule has 1 aromatic carbocycles. The highest BCUT2D eigenvalue weighted by atomic mass is 19.4. The topological polar surface area (TPSA) is 55.6 Å². The summed E-state index contributed by atoms with van der Waals surface area (Å²) in [5, 5.41) is 2.83. The van der Waals surface area contributed by atoms with Gasteiger partial charge in [0, 0.05) is 7.05 Å². The minimum absolute atomic E-state index is 0.0201. The molecular formula is C13H10F3N5. The third-order valence-corrected chi connectivity index (χ3v) is 3.04. The maximum absolute atomic E-state index is 13.1. The van der Waals surface area contributed by atoms with Gasteiger partial charge in [-0.25, -0.2) is 15.0 Å². The van der Waals surface area contributed by atoms with Gasteiger partial charge >= 0.3 is 6.18 Å². The number of aromatic nitrogens is 4. The molecular weight excluding hydrogens is 283 g/mol. The predicted octanol–water partition coefficient (Wildman–Crippen LogP) is 2.88. The minimum Gasteiger partial charge on any atom is -0.371 e. The van der Waals surface area contributed by atoms with E-state index in [9.17, 15) is 13.2 Å². The van der Waals surface area contributed by atoms with Crippen molar-refractivity contribution in [2.24, 2.45) is 0 Å². The molecule has 0 aliphatic rings. The van der Waals surface area contributed by atoms with Gasteiger partial charge in [-0.3, -0.25) is 4.57 Å². The smallest absolute Gasteiger partial charge is 0.371 e. The summed E-state index contributed by atoms with van der Waals surface area (Å²) >= 11 is 0. The lowest BCUT2D eigenvalue weighted by Crippen LogP contribution is -2.10. The maximum atomic E-state index is 13.1. The number of fused-ring (bicyclic) bond motifs is 1. The highest BCUT2D eigenvalue weighted by Gasteiger charge is 2.34. The fourth-order valence-electron chi connectivity index (χ4n) is 2.12. The van der Waals surface area contributed by atoms with Gasteiger partial charge in [-0.05, 0) is 12.1 Å². The van der Waals surface area contributed by atoms with Crippen LogP contribution in [0.15, 0.2) is 36.9 Å². The molecule has 108 valence electrons. The Hall–Kier alpha value is -2.64. The summed E-state index contributed by atoms with van der Waals surface area (Å²) in [5.41, 5.74) is -0.0369. The van der Waals surface area contributed by atoms with Gasteiger partial charge in [0.15, 0.2) is 17.0 Å². The standard InChI is InChI=1S/C13H10F3N5/c1-17-11-10-12(19-6-18-11)21(7-20-10)9-5-3-2-4-8(9)13(14,15)16/h2-7H,1H3,(H,17,18,19). The van der Waals surface area contributed by atoms with Crippen molar-refractivity contribution in [3.8, 4) is 5.69 Å². The van der Waals surface area contributed by atoms with E-state index in [1.165, 1.54) is 35.4 Å². The van der Waals surface area contributed by atoms with Crippen LogP contribution in [0.4, 0.5) is 19.0 Å². The van der Waals surface area contributed by atoms with Gasteiger partial charge in [-0.15, -0.1) is 0 Å². The number of imidazole rings is 1. The van der Waals surface area contributed by atoms with Crippen LogP contribution in [0.3, 0.4) is 0 Å². The number of benzene rings is 1. The van der Waals surface area contributed by atoms with Crippen LogP contribution < -0.4 is 5.32 Å². The summed E-state index contributed by atoms with van der Waals surface area (Å²) in [6.45, 7) is 0. The van der Waals surface area contributed by atoms with Crippen molar-refractivity contribution >= 4 is 17.0 Å². The number of hydrogen-bond acceptors (Lipinski definition) is 4. The first kappa shape index (κ1) is 13.3. The fraction of sp³-hybridized carbons (Fsp3) is 0.154. The van der Waals surface area contributed by atoms with Crippen LogP contribution in [0.2, 0.25) is 0 Å². The number of nitrogens with zero attached hydrogens (tertiary/aromatic N) is 4. The molecule has 0 radical (unpaired) electrons. The summed E-state index contributed by atoms with van der Waals surface area (Å²) < 4.78 is 40.6. The van der Waals surface area contributed by atoms with Crippen molar-refractivity contribution in [3.05, 3.63) is 42.5 Å². The van der Waals surface area contributed by atoms with Crippen LogP contribution in [0.25, 0.3) is 16.9 Å².